The number of likely N-dealkylation sites (N-methyl/N-ethyl adjacent to an activating group) is 1. The van der Waals surface area contributed by atoms with Crippen molar-refractivity contribution in [1.29, 1.82) is 0 Å². The van der Waals surface area contributed by atoms with Crippen molar-refractivity contribution in [3.63, 3.8) is 0 Å². The Labute approximate surface area is 182 Å². The zero-order chi connectivity index (χ0) is 21.1. The Morgan fingerprint density at radius 3 is 2.66 bits per heavy atom. The van der Waals surface area contributed by atoms with Gasteiger partial charge in [0.05, 0.1) is 0 Å². The molecular weight excluding hydrogens is 378 g/mol. The molecule has 0 spiro atoms. The average Bonchev–Trinajstić information content (AvgIpc) is 3.06. The molecule has 0 saturated carbocycles. The van der Waals surface area contributed by atoms with Gasteiger partial charge >= 0.3 is 0 Å². The summed E-state index contributed by atoms with van der Waals surface area (Å²) in [5.74, 6) is 0. The number of rotatable bonds is 6. The molecule has 0 aliphatic carbocycles. The van der Waals surface area contributed by atoms with Crippen molar-refractivity contribution in [3.8, 4) is 0 Å². The quantitative estimate of drug-likeness (QED) is 0.690. The van der Waals surface area contributed by atoms with Crippen molar-refractivity contribution in [3.05, 3.63) is 30.1 Å². The molecular formula is C23H39N5S. The van der Waals surface area contributed by atoms with E-state index in [0.29, 0.717) is 12.1 Å². The topological polar surface area (TPSA) is 43.4 Å². The van der Waals surface area contributed by atoms with E-state index in [1.165, 1.54) is 24.9 Å². The monoisotopic (exact) mass is 417 g/mol. The number of nitrogens with zero attached hydrogens (tertiary/aromatic N) is 3. The van der Waals surface area contributed by atoms with Crippen molar-refractivity contribution in [2.75, 3.05) is 19.6 Å². The molecule has 1 aromatic rings. The van der Waals surface area contributed by atoms with Crippen LogP contribution in [0.5, 0.6) is 0 Å². The summed E-state index contributed by atoms with van der Waals surface area (Å²) >= 11 is 5.97. The molecule has 2 fully saturated rings. The zero-order valence-corrected chi connectivity index (χ0v) is 19.7. The minimum Gasteiger partial charge on any atom is -0.360 e. The van der Waals surface area contributed by atoms with Crippen LogP contribution in [-0.2, 0) is 6.54 Å². The molecule has 1 aromatic heterocycles. The minimum atomic E-state index is 0.105. The van der Waals surface area contributed by atoms with E-state index in [0.717, 1.165) is 37.6 Å². The van der Waals surface area contributed by atoms with Crippen LogP contribution in [0.4, 0.5) is 0 Å². The Morgan fingerprint density at radius 1 is 1.31 bits per heavy atom. The second-order valence-electron chi connectivity index (χ2n) is 10.1. The fraction of sp³-hybridized carbons (Fsp3) is 0.739. The maximum absolute atomic E-state index is 5.97. The third-order valence-electron chi connectivity index (χ3n) is 6.24. The molecule has 0 amide bonds. The highest BCUT2D eigenvalue weighted by molar-refractivity contribution is 7.80. The summed E-state index contributed by atoms with van der Waals surface area (Å²) in [6.07, 6.45) is 8.48. The summed E-state index contributed by atoms with van der Waals surface area (Å²) < 4.78 is 0. The van der Waals surface area contributed by atoms with Gasteiger partial charge in [0.25, 0.3) is 0 Å². The SMILES string of the molecule is CCN1CCC[C@H]1CN(Cc1cccnc1)C(=S)NC1CC(C)(C)NC(C)(C)C1. The first-order valence-electron chi connectivity index (χ1n) is 11.2. The van der Waals surface area contributed by atoms with Gasteiger partial charge in [-0.1, -0.05) is 13.0 Å². The van der Waals surface area contributed by atoms with Crippen LogP contribution in [0.15, 0.2) is 24.5 Å². The van der Waals surface area contributed by atoms with Gasteiger partial charge in [0.1, 0.15) is 0 Å². The number of thiocarbonyl (C=S) groups is 1. The summed E-state index contributed by atoms with van der Waals surface area (Å²) in [6, 6.07) is 5.12. The van der Waals surface area contributed by atoms with Crippen LogP contribution in [0.1, 0.15) is 65.9 Å². The first-order valence-corrected chi connectivity index (χ1v) is 11.6. The normalized spacial score (nSPS) is 24.4. The fourth-order valence-electron chi connectivity index (χ4n) is 5.39. The van der Waals surface area contributed by atoms with E-state index in [4.69, 9.17) is 12.2 Å². The first-order chi connectivity index (χ1) is 13.7. The van der Waals surface area contributed by atoms with Gasteiger partial charge in [0, 0.05) is 48.6 Å². The summed E-state index contributed by atoms with van der Waals surface area (Å²) in [5.41, 5.74) is 1.42. The maximum atomic E-state index is 5.97. The second kappa shape index (κ2) is 9.27. The number of hydrogen-bond acceptors (Lipinski definition) is 4. The fourth-order valence-corrected chi connectivity index (χ4v) is 5.70. The molecule has 29 heavy (non-hydrogen) atoms. The van der Waals surface area contributed by atoms with E-state index >= 15 is 0 Å². The Kier molecular flexibility index (Phi) is 7.18. The second-order valence-corrected chi connectivity index (χ2v) is 10.5. The molecule has 1 atom stereocenters. The number of hydrogen-bond donors (Lipinski definition) is 2. The number of aromatic nitrogens is 1. The highest BCUT2D eigenvalue weighted by atomic mass is 32.1. The van der Waals surface area contributed by atoms with E-state index < -0.39 is 0 Å². The Balaban J connectivity index is 1.71. The van der Waals surface area contributed by atoms with Gasteiger partial charge < -0.3 is 15.5 Å². The van der Waals surface area contributed by atoms with Crippen LogP contribution in [0, 0.1) is 0 Å². The predicted molar refractivity (Wildman–Crippen MR) is 125 cm³/mol. The van der Waals surface area contributed by atoms with Gasteiger partial charge in [0.15, 0.2) is 5.11 Å². The molecule has 162 valence electrons. The minimum absolute atomic E-state index is 0.105. The smallest absolute Gasteiger partial charge is 0.169 e. The lowest BCUT2D eigenvalue weighted by atomic mass is 9.80. The average molecular weight is 418 g/mol. The van der Waals surface area contributed by atoms with Crippen molar-refractivity contribution < 1.29 is 0 Å². The van der Waals surface area contributed by atoms with Crippen LogP contribution in [0.3, 0.4) is 0 Å². The molecule has 2 aliphatic rings. The third-order valence-corrected chi connectivity index (χ3v) is 6.61. The van der Waals surface area contributed by atoms with Crippen LogP contribution >= 0.6 is 12.2 Å². The van der Waals surface area contributed by atoms with E-state index in [1.807, 2.05) is 18.5 Å². The van der Waals surface area contributed by atoms with Crippen molar-refractivity contribution >= 4 is 17.3 Å². The van der Waals surface area contributed by atoms with Gasteiger partial charge in [-0.05, 0) is 90.3 Å². The third kappa shape index (κ3) is 6.37. The zero-order valence-electron chi connectivity index (χ0n) is 18.9. The van der Waals surface area contributed by atoms with Gasteiger partial charge in [-0.2, -0.15) is 0 Å². The highest BCUT2D eigenvalue weighted by Gasteiger charge is 2.38. The molecule has 0 unspecified atom stereocenters. The van der Waals surface area contributed by atoms with E-state index in [-0.39, 0.29) is 11.1 Å². The molecule has 3 heterocycles. The lowest BCUT2D eigenvalue weighted by Gasteiger charge is -2.47. The molecule has 0 aromatic carbocycles. The summed E-state index contributed by atoms with van der Waals surface area (Å²) in [7, 11) is 0. The van der Waals surface area contributed by atoms with Crippen molar-refractivity contribution in [2.45, 2.75) is 90.0 Å². The van der Waals surface area contributed by atoms with Crippen LogP contribution in [0.25, 0.3) is 0 Å². The first kappa shape index (κ1) is 22.4. The van der Waals surface area contributed by atoms with Crippen molar-refractivity contribution in [2.24, 2.45) is 0 Å². The molecule has 3 rings (SSSR count). The molecule has 0 bridgehead atoms. The molecule has 2 N–H and O–H groups in total. The van der Waals surface area contributed by atoms with Crippen LogP contribution < -0.4 is 10.6 Å². The van der Waals surface area contributed by atoms with E-state index in [1.54, 1.807) is 0 Å². The van der Waals surface area contributed by atoms with Crippen LogP contribution in [-0.4, -0.2) is 62.7 Å². The molecule has 2 aliphatic heterocycles. The van der Waals surface area contributed by atoms with E-state index in [9.17, 15) is 0 Å². The molecule has 5 nitrogen and oxygen atoms in total. The number of nitrogens with one attached hydrogen (secondary N) is 2. The van der Waals surface area contributed by atoms with Gasteiger partial charge in [-0.3, -0.25) is 9.88 Å². The summed E-state index contributed by atoms with van der Waals surface area (Å²) in [5, 5.41) is 8.38. The Morgan fingerprint density at radius 2 is 2.03 bits per heavy atom. The summed E-state index contributed by atoms with van der Waals surface area (Å²) in [4.78, 5) is 9.27. The number of piperidine rings is 1. The Bertz CT molecular complexity index is 659. The summed E-state index contributed by atoms with van der Waals surface area (Å²) in [6.45, 7) is 15.5. The number of likely N-dealkylation sites (tertiary alicyclic amines) is 1. The largest absolute Gasteiger partial charge is 0.360 e. The van der Waals surface area contributed by atoms with E-state index in [2.05, 4.69) is 66.1 Å². The standard InChI is InChI=1S/C23H39N5S/c1-6-27-12-8-10-20(27)17-28(16-18-9-7-11-24-15-18)21(29)25-19-13-22(2,3)26-23(4,5)14-19/h7,9,11,15,19-20,26H,6,8,10,12-14,16-17H2,1-5H3,(H,25,29)/t20-/m0/s1. The van der Waals surface area contributed by atoms with Crippen LogP contribution in [0.2, 0.25) is 0 Å². The molecule has 2 saturated heterocycles. The molecule has 6 heteroatoms. The predicted octanol–water partition coefficient (Wildman–Crippen LogP) is 3.55. The van der Waals surface area contributed by atoms with Gasteiger partial charge in [0.2, 0.25) is 0 Å². The van der Waals surface area contributed by atoms with Crippen molar-refractivity contribution in [1.82, 2.24) is 25.4 Å². The lowest BCUT2D eigenvalue weighted by Crippen LogP contribution is -2.63. The maximum Gasteiger partial charge on any atom is 0.169 e. The van der Waals surface area contributed by atoms with Gasteiger partial charge in [-0.15, -0.1) is 0 Å². The molecule has 0 radical (unpaired) electrons. The number of pyridine rings is 1. The lowest BCUT2D eigenvalue weighted by molar-refractivity contribution is 0.152. The Hall–Kier alpha value is -1.24. The van der Waals surface area contributed by atoms with Gasteiger partial charge in [-0.25, -0.2) is 0 Å². The highest BCUT2D eigenvalue weighted by Crippen LogP contribution is 2.29.